The van der Waals surface area contributed by atoms with Crippen molar-refractivity contribution in [1.82, 2.24) is 10.2 Å². The van der Waals surface area contributed by atoms with Gasteiger partial charge in [0.15, 0.2) is 0 Å². The van der Waals surface area contributed by atoms with E-state index in [0.717, 1.165) is 25.9 Å². The third kappa shape index (κ3) is 3.89. The monoisotopic (exact) mass is 309 g/mol. The van der Waals surface area contributed by atoms with Crippen LogP contribution in [-0.4, -0.2) is 35.5 Å². The lowest BCUT2D eigenvalue weighted by atomic mass is 9.98. The van der Waals surface area contributed by atoms with Crippen LogP contribution in [0.2, 0.25) is 5.02 Å². The van der Waals surface area contributed by atoms with Crippen molar-refractivity contribution in [2.75, 3.05) is 18.8 Å². The van der Waals surface area contributed by atoms with Gasteiger partial charge in [0.05, 0.1) is 10.6 Å². The van der Waals surface area contributed by atoms with Crippen LogP contribution in [0.4, 0.5) is 5.69 Å². The Balaban J connectivity index is 1.96. The summed E-state index contributed by atoms with van der Waals surface area (Å²) in [5, 5.41) is 3.46. The van der Waals surface area contributed by atoms with E-state index in [0.29, 0.717) is 16.3 Å². The zero-order valence-electron chi connectivity index (χ0n) is 12.9. The minimum absolute atomic E-state index is 0.174. The first-order chi connectivity index (χ1) is 9.79. The van der Waals surface area contributed by atoms with E-state index < -0.39 is 0 Å². The summed E-state index contributed by atoms with van der Waals surface area (Å²) < 4.78 is 0. The van der Waals surface area contributed by atoms with Crippen molar-refractivity contribution in [2.45, 2.75) is 45.2 Å². The standard InChI is InChI=1S/C16H24ClN3O/c1-16(2,3)20-9-7-11(8-10-20)19-15(21)14-12(17)5-4-6-13(14)18/h4-6,11H,7-10,18H2,1-3H3,(H,19,21). The van der Waals surface area contributed by atoms with Gasteiger partial charge < -0.3 is 11.1 Å². The second kappa shape index (κ2) is 6.24. The molecule has 0 aliphatic carbocycles. The van der Waals surface area contributed by atoms with Gasteiger partial charge in [0, 0.05) is 30.4 Å². The number of anilines is 1. The summed E-state index contributed by atoms with van der Waals surface area (Å²) in [6.45, 7) is 8.64. The zero-order chi connectivity index (χ0) is 15.6. The highest BCUT2D eigenvalue weighted by Gasteiger charge is 2.28. The van der Waals surface area contributed by atoms with Gasteiger partial charge in [-0.2, -0.15) is 0 Å². The molecule has 0 saturated carbocycles. The molecule has 1 aliphatic rings. The summed E-state index contributed by atoms with van der Waals surface area (Å²) in [6.07, 6.45) is 1.90. The van der Waals surface area contributed by atoms with Crippen molar-refractivity contribution in [2.24, 2.45) is 0 Å². The molecule has 1 amide bonds. The number of hydrogen-bond donors (Lipinski definition) is 2. The molecule has 1 fully saturated rings. The van der Waals surface area contributed by atoms with Crippen LogP contribution < -0.4 is 11.1 Å². The molecule has 0 aromatic heterocycles. The molecule has 1 aromatic carbocycles. The Morgan fingerprint density at radius 1 is 1.33 bits per heavy atom. The number of nitrogens with one attached hydrogen (secondary N) is 1. The molecule has 0 atom stereocenters. The van der Waals surface area contributed by atoms with Gasteiger partial charge in [0.1, 0.15) is 0 Å². The minimum atomic E-state index is -0.174. The molecular formula is C16H24ClN3O. The number of halogens is 1. The maximum Gasteiger partial charge on any atom is 0.255 e. The fraction of sp³-hybridized carbons (Fsp3) is 0.562. The average Bonchev–Trinajstić information content (AvgIpc) is 2.38. The third-order valence-electron chi connectivity index (χ3n) is 4.05. The van der Waals surface area contributed by atoms with E-state index in [1.807, 2.05) is 0 Å². The average molecular weight is 310 g/mol. The van der Waals surface area contributed by atoms with Crippen LogP contribution in [0.5, 0.6) is 0 Å². The van der Waals surface area contributed by atoms with E-state index in [4.69, 9.17) is 17.3 Å². The summed E-state index contributed by atoms with van der Waals surface area (Å²) in [7, 11) is 0. The minimum Gasteiger partial charge on any atom is -0.398 e. The molecule has 2 rings (SSSR count). The van der Waals surface area contributed by atoms with Crippen LogP contribution in [0.25, 0.3) is 0 Å². The maximum atomic E-state index is 12.3. The number of nitrogen functional groups attached to an aromatic ring is 1. The number of nitrogens with zero attached hydrogens (tertiary/aromatic N) is 1. The van der Waals surface area contributed by atoms with Gasteiger partial charge in [-0.05, 0) is 45.7 Å². The Bertz CT molecular complexity index is 496. The molecule has 4 nitrogen and oxygen atoms in total. The first-order valence-electron chi connectivity index (χ1n) is 7.39. The predicted octanol–water partition coefficient (Wildman–Crippen LogP) is 2.91. The van der Waals surface area contributed by atoms with Crippen molar-refractivity contribution >= 4 is 23.2 Å². The highest BCUT2D eigenvalue weighted by Crippen LogP contribution is 2.23. The topological polar surface area (TPSA) is 58.4 Å². The lowest BCUT2D eigenvalue weighted by Gasteiger charge is -2.41. The quantitative estimate of drug-likeness (QED) is 0.826. The van der Waals surface area contributed by atoms with Crippen LogP contribution in [0.1, 0.15) is 44.0 Å². The Labute approximate surface area is 131 Å². The fourth-order valence-electron chi connectivity index (χ4n) is 2.73. The smallest absolute Gasteiger partial charge is 0.255 e. The molecule has 116 valence electrons. The van der Waals surface area contributed by atoms with Crippen LogP contribution in [0.15, 0.2) is 18.2 Å². The molecule has 5 heteroatoms. The number of amides is 1. The van der Waals surface area contributed by atoms with Crippen LogP contribution >= 0.6 is 11.6 Å². The molecule has 1 heterocycles. The van der Waals surface area contributed by atoms with Gasteiger partial charge in [-0.25, -0.2) is 0 Å². The van der Waals surface area contributed by atoms with Crippen molar-refractivity contribution < 1.29 is 4.79 Å². The second-order valence-electron chi connectivity index (χ2n) is 6.61. The number of rotatable bonds is 2. The zero-order valence-corrected chi connectivity index (χ0v) is 13.7. The number of nitrogens with two attached hydrogens (primary N) is 1. The highest BCUT2D eigenvalue weighted by molar-refractivity contribution is 6.34. The molecule has 1 aliphatic heterocycles. The Hall–Kier alpha value is -1.26. The Morgan fingerprint density at radius 3 is 2.48 bits per heavy atom. The van der Waals surface area contributed by atoms with Gasteiger partial charge in [-0.15, -0.1) is 0 Å². The van der Waals surface area contributed by atoms with Crippen molar-refractivity contribution in [3.8, 4) is 0 Å². The lowest BCUT2D eigenvalue weighted by molar-refractivity contribution is 0.0813. The maximum absolute atomic E-state index is 12.3. The molecule has 1 saturated heterocycles. The molecule has 3 N–H and O–H groups in total. The van der Waals surface area contributed by atoms with Crippen LogP contribution in [0, 0.1) is 0 Å². The summed E-state index contributed by atoms with van der Waals surface area (Å²) >= 11 is 6.08. The van der Waals surface area contributed by atoms with Crippen molar-refractivity contribution in [3.05, 3.63) is 28.8 Å². The summed E-state index contributed by atoms with van der Waals surface area (Å²) in [5.41, 5.74) is 6.85. The van der Waals surface area contributed by atoms with Gasteiger partial charge in [-0.1, -0.05) is 17.7 Å². The summed E-state index contributed by atoms with van der Waals surface area (Å²) in [6, 6.07) is 5.32. The molecule has 0 unspecified atom stereocenters. The number of likely N-dealkylation sites (tertiary alicyclic amines) is 1. The van der Waals surface area contributed by atoms with Crippen LogP contribution in [-0.2, 0) is 0 Å². The van der Waals surface area contributed by atoms with E-state index in [2.05, 4.69) is 31.0 Å². The van der Waals surface area contributed by atoms with Crippen molar-refractivity contribution in [3.63, 3.8) is 0 Å². The SMILES string of the molecule is CC(C)(C)N1CCC(NC(=O)c2c(N)cccc2Cl)CC1. The number of benzene rings is 1. The molecule has 0 bridgehead atoms. The molecular weight excluding hydrogens is 286 g/mol. The predicted molar refractivity (Wildman–Crippen MR) is 87.7 cm³/mol. The number of hydrogen-bond acceptors (Lipinski definition) is 3. The third-order valence-corrected chi connectivity index (χ3v) is 4.37. The molecule has 0 spiro atoms. The normalized spacial score (nSPS) is 17.7. The van der Waals surface area contributed by atoms with E-state index in [1.165, 1.54) is 0 Å². The Kier molecular flexibility index (Phi) is 4.79. The largest absolute Gasteiger partial charge is 0.398 e. The summed E-state index contributed by atoms with van der Waals surface area (Å²) in [5.74, 6) is -0.174. The van der Waals surface area contributed by atoms with Crippen molar-refractivity contribution in [1.29, 1.82) is 0 Å². The first kappa shape index (κ1) is 16.1. The van der Waals surface area contributed by atoms with E-state index in [9.17, 15) is 4.79 Å². The van der Waals surface area contributed by atoms with Gasteiger partial charge >= 0.3 is 0 Å². The number of carbonyl (C=O) groups is 1. The van der Waals surface area contributed by atoms with E-state index >= 15 is 0 Å². The van der Waals surface area contributed by atoms with E-state index in [1.54, 1.807) is 18.2 Å². The number of piperidine rings is 1. The van der Waals surface area contributed by atoms with Crippen LogP contribution in [0.3, 0.4) is 0 Å². The molecule has 1 aromatic rings. The van der Waals surface area contributed by atoms with Gasteiger partial charge in [-0.3, -0.25) is 9.69 Å². The first-order valence-corrected chi connectivity index (χ1v) is 7.76. The lowest BCUT2D eigenvalue weighted by Crippen LogP contribution is -2.50. The van der Waals surface area contributed by atoms with Gasteiger partial charge in [0.25, 0.3) is 5.91 Å². The molecule has 21 heavy (non-hydrogen) atoms. The van der Waals surface area contributed by atoms with Gasteiger partial charge in [0.2, 0.25) is 0 Å². The fourth-order valence-corrected chi connectivity index (χ4v) is 3.00. The highest BCUT2D eigenvalue weighted by atomic mass is 35.5. The summed E-state index contributed by atoms with van der Waals surface area (Å²) in [4.78, 5) is 14.8. The number of carbonyl (C=O) groups excluding carboxylic acids is 1. The molecule has 0 radical (unpaired) electrons. The second-order valence-corrected chi connectivity index (χ2v) is 7.02. The Morgan fingerprint density at radius 2 is 1.95 bits per heavy atom. The van der Waals surface area contributed by atoms with E-state index in [-0.39, 0.29) is 17.5 Å².